The molecule has 4 nitrogen and oxygen atoms in total. The summed E-state index contributed by atoms with van der Waals surface area (Å²) in [6.45, 7) is 0. The molecule has 0 saturated heterocycles. The predicted molar refractivity (Wildman–Crippen MR) is 143 cm³/mol. The van der Waals surface area contributed by atoms with Gasteiger partial charge in [-0.1, -0.05) is 72.1 Å². The molecule has 0 saturated carbocycles. The number of benzene rings is 4. The second-order valence-corrected chi connectivity index (χ2v) is 10.7. The van der Waals surface area contributed by atoms with Crippen molar-refractivity contribution in [1.29, 1.82) is 0 Å². The van der Waals surface area contributed by atoms with E-state index in [1.54, 1.807) is 78.9 Å². The van der Waals surface area contributed by atoms with Crippen molar-refractivity contribution in [2.45, 2.75) is 0 Å². The Morgan fingerprint density at radius 3 is 0.914 bits per heavy atom. The molecular formula is C28H13Br3O4. The van der Waals surface area contributed by atoms with Crippen molar-refractivity contribution in [2.24, 2.45) is 0 Å². The molecule has 2 aliphatic rings. The highest BCUT2D eigenvalue weighted by Gasteiger charge is 2.30. The van der Waals surface area contributed by atoms with Gasteiger partial charge in [0.15, 0.2) is 23.1 Å². The summed E-state index contributed by atoms with van der Waals surface area (Å²) in [5.74, 6) is -0.374. The van der Waals surface area contributed by atoms with Gasteiger partial charge >= 0.3 is 0 Å². The maximum absolute atomic E-state index is 12.3. The van der Waals surface area contributed by atoms with E-state index in [1.165, 1.54) is 0 Å². The van der Waals surface area contributed by atoms with E-state index in [0.717, 1.165) is 13.4 Å². The first-order valence-corrected chi connectivity index (χ1v) is 12.8. The third-order valence-electron chi connectivity index (χ3n) is 5.83. The molecule has 0 heterocycles. The van der Waals surface area contributed by atoms with Gasteiger partial charge in [0.1, 0.15) is 0 Å². The number of halogens is 3. The maximum Gasteiger partial charge on any atom is 0.194 e. The van der Waals surface area contributed by atoms with Crippen LogP contribution in [0.5, 0.6) is 0 Å². The summed E-state index contributed by atoms with van der Waals surface area (Å²) >= 11 is 9.95. The van der Waals surface area contributed by atoms with Crippen molar-refractivity contribution in [3.8, 4) is 0 Å². The van der Waals surface area contributed by atoms with Crippen molar-refractivity contribution < 1.29 is 19.2 Å². The summed E-state index contributed by atoms with van der Waals surface area (Å²) in [6.07, 6.45) is 0. The molecular weight excluding hydrogens is 640 g/mol. The monoisotopic (exact) mass is 650 g/mol. The normalized spacial score (nSPS) is 13.2. The van der Waals surface area contributed by atoms with Crippen LogP contribution in [0.15, 0.2) is 92.3 Å². The van der Waals surface area contributed by atoms with Crippen molar-refractivity contribution >= 4 is 70.9 Å². The van der Waals surface area contributed by atoms with Gasteiger partial charge in [-0.15, -0.1) is 0 Å². The van der Waals surface area contributed by atoms with Crippen LogP contribution in [0, 0.1) is 0 Å². The van der Waals surface area contributed by atoms with Gasteiger partial charge in [0.25, 0.3) is 0 Å². The SMILES string of the molecule is O=C1c2ccc(Br)cc2C(=O)c2ccc(Br)cc21.O=C1c2ccccc2C(=O)c2cc(Br)ccc21. The second kappa shape index (κ2) is 9.22. The van der Waals surface area contributed by atoms with Crippen molar-refractivity contribution in [3.63, 3.8) is 0 Å². The summed E-state index contributed by atoms with van der Waals surface area (Å²) in [7, 11) is 0. The predicted octanol–water partition coefficient (Wildman–Crippen LogP) is 7.21. The number of fused-ring (bicyclic) bond motifs is 4. The first kappa shape index (κ1) is 23.7. The second-order valence-electron chi connectivity index (χ2n) is 7.93. The van der Waals surface area contributed by atoms with E-state index in [-0.39, 0.29) is 23.1 Å². The van der Waals surface area contributed by atoms with Crippen LogP contribution >= 0.6 is 47.8 Å². The Labute approximate surface area is 225 Å². The minimum Gasteiger partial charge on any atom is -0.289 e. The molecule has 0 amide bonds. The van der Waals surface area contributed by atoms with Crippen LogP contribution in [0.3, 0.4) is 0 Å². The molecule has 6 rings (SSSR count). The van der Waals surface area contributed by atoms with E-state index < -0.39 is 0 Å². The molecule has 0 aliphatic heterocycles. The Morgan fingerprint density at radius 2 is 0.600 bits per heavy atom. The number of carbonyl (C=O) groups is 4. The zero-order chi connectivity index (χ0) is 24.9. The molecule has 0 unspecified atom stereocenters. The van der Waals surface area contributed by atoms with Gasteiger partial charge in [-0.05, 0) is 54.6 Å². The van der Waals surface area contributed by atoms with Gasteiger partial charge < -0.3 is 0 Å². The zero-order valence-corrected chi connectivity index (χ0v) is 22.5. The van der Waals surface area contributed by atoms with Crippen LogP contribution in [-0.2, 0) is 0 Å². The minimum atomic E-state index is -0.103. The fraction of sp³-hybridized carbons (Fsp3) is 0. The van der Waals surface area contributed by atoms with Crippen LogP contribution in [0.4, 0.5) is 0 Å². The van der Waals surface area contributed by atoms with Gasteiger partial charge in [0.05, 0.1) is 0 Å². The highest BCUT2D eigenvalue weighted by molar-refractivity contribution is 9.11. The van der Waals surface area contributed by atoms with E-state index in [4.69, 9.17) is 0 Å². The fourth-order valence-electron chi connectivity index (χ4n) is 4.17. The quantitative estimate of drug-likeness (QED) is 0.174. The fourth-order valence-corrected chi connectivity index (χ4v) is 5.25. The molecule has 0 aromatic heterocycles. The molecule has 2 aliphatic carbocycles. The van der Waals surface area contributed by atoms with Gasteiger partial charge in [0, 0.05) is 57.9 Å². The Bertz CT molecular complexity index is 1540. The molecule has 170 valence electrons. The molecule has 7 heteroatoms. The Kier molecular flexibility index (Phi) is 6.25. The maximum atomic E-state index is 12.3. The van der Waals surface area contributed by atoms with Gasteiger partial charge in [0.2, 0.25) is 0 Å². The van der Waals surface area contributed by atoms with Crippen molar-refractivity contribution in [3.05, 3.63) is 137 Å². The van der Waals surface area contributed by atoms with Gasteiger partial charge in [-0.2, -0.15) is 0 Å². The van der Waals surface area contributed by atoms with Crippen LogP contribution in [0.25, 0.3) is 0 Å². The molecule has 4 aromatic carbocycles. The first-order chi connectivity index (χ1) is 16.8. The smallest absolute Gasteiger partial charge is 0.194 e. The van der Waals surface area contributed by atoms with E-state index in [2.05, 4.69) is 47.8 Å². The molecule has 0 bridgehead atoms. The van der Waals surface area contributed by atoms with E-state index >= 15 is 0 Å². The number of hydrogen-bond donors (Lipinski definition) is 0. The minimum absolute atomic E-state index is 0.0808. The molecule has 35 heavy (non-hydrogen) atoms. The van der Waals surface area contributed by atoms with Crippen molar-refractivity contribution in [1.82, 2.24) is 0 Å². The molecule has 0 N–H and O–H groups in total. The third kappa shape index (κ3) is 4.18. The van der Waals surface area contributed by atoms with Crippen LogP contribution < -0.4 is 0 Å². The number of rotatable bonds is 0. The molecule has 0 spiro atoms. The highest BCUT2D eigenvalue weighted by Crippen LogP contribution is 2.31. The lowest BCUT2D eigenvalue weighted by atomic mass is 9.84. The van der Waals surface area contributed by atoms with Crippen LogP contribution in [0.2, 0.25) is 0 Å². The standard InChI is InChI=1S/C14H6Br2O2.C14H7BrO2/c15-7-1-3-9-11(5-7)14(18)10-4-2-8(16)6-12(10)13(9)17;15-8-5-6-11-12(7-8)14(17)10-4-2-1-3-9(10)13(11)16/h1-6H;1-7H. The summed E-state index contributed by atoms with van der Waals surface area (Å²) in [6, 6.07) is 22.4. The Hall–Kier alpha value is -3.00. The van der Waals surface area contributed by atoms with E-state index in [9.17, 15) is 19.2 Å². The average Bonchev–Trinajstić information content (AvgIpc) is 2.86. The number of hydrogen-bond acceptors (Lipinski definition) is 4. The third-order valence-corrected chi connectivity index (χ3v) is 7.31. The van der Waals surface area contributed by atoms with E-state index in [0.29, 0.717) is 44.5 Å². The molecule has 0 radical (unpaired) electrons. The summed E-state index contributed by atoms with van der Waals surface area (Å²) in [5, 5.41) is 0. The Morgan fingerprint density at radius 1 is 0.343 bits per heavy atom. The van der Waals surface area contributed by atoms with Crippen LogP contribution in [-0.4, -0.2) is 23.1 Å². The van der Waals surface area contributed by atoms with Crippen molar-refractivity contribution in [2.75, 3.05) is 0 Å². The lowest BCUT2D eigenvalue weighted by Crippen LogP contribution is -2.20. The molecule has 4 aromatic rings. The lowest BCUT2D eigenvalue weighted by molar-refractivity contribution is 0.0979. The zero-order valence-electron chi connectivity index (χ0n) is 17.8. The number of ketones is 4. The summed E-state index contributed by atoms with van der Waals surface area (Å²) in [4.78, 5) is 49.1. The van der Waals surface area contributed by atoms with E-state index in [1.807, 2.05) is 0 Å². The van der Waals surface area contributed by atoms with Gasteiger partial charge in [-0.25, -0.2) is 0 Å². The van der Waals surface area contributed by atoms with Gasteiger partial charge in [-0.3, -0.25) is 19.2 Å². The average molecular weight is 653 g/mol. The number of carbonyl (C=O) groups excluding carboxylic acids is 4. The topological polar surface area (TPSA) is 68.3 Å². The van der Waals surface area contributed by atoms with Crippen LogP contribution in [0.1, 0.15) is 63.7 Å². The molecule has 0 atom stereocenters. The summed E-state index contributed by atoms with van der Waals surface area (Å²) in [5.41, 5.74) is 3.80. The Balaban J connectivity index is 0.000000145. The largest absolute Gasteiger partial charge is 0.289 e. The summed E-state index contributed by atoms with van der Waals surface area (Å²) < 4.78 is 2.39. The molecule has 0 fully saturated rings. The first-order valence-electron chi connectivity index (χ1n) is 10.4. The highest BCUT2D eigenvalue weighted by atomic mass is 79.9. The lowest BCUT2D eigenvalue weighted by Gasteiger charge is -2.17.